The minimum Gasteiger partial charge on any atom is -0.497 e. The summed E-state index contributed by atoms with van der Waals surface area (Å²) in [5.74, 6) is 1.26. The molecule has 3 aromatic rings. The number of ether oxygens (including phenoxy) is 4. The largest absolute Gasteiger partial charge is 0.497 e. The van der Waals surface area contributed by atoms with E-state index < -0.39 is 12.0 Å². The lowest BCUT2D eigenvalue weighted by atomic mass is 9.95. The molecule has 0 N–H and O–H groups in total. The third kappa shape index (κ3) is 5.21. The molecule has 1 aliphatic heterocycles. The Morgan fingerprint density at radius 1 is 1.14 bits per heavy atom. The van der Waals surface area contributed by atoms with E-state index in [-0.39, 0.29) is 12.2 Å². The molecule has 0 bridgehead atoms. The molecule has 1 atom stereocenters. The van der Waals surface area contributed by atoms with Gasteiger partial charge in [0.2, 0.25) is 0 Å². The van der Waals surface area contributed by atoms with Crippen molar-refractivity contribution in [1.82, 2.24) is 4.57 Å². The van der Waals surface area contributed by atoms with Crippen molar-refractivity contribution in [2.75, 3.05) is 27.4 Å². The summed E-state index contributed by atoms with van der Waals surface area (Å²) in [4.78, 5) is 32.0. The van der Waals surface area contributed by atoms with Crippen LogP contribution in [-0.2, 0) is 9.53 Å². The van der Waals surface area contributed by atoms with Crippen LogP contribution in [0.3, 0.4) is 0 Å². The Bertz CT molecular complexity index is 1560. The van der Waals surface area contributed by atoms with Crippen molar-refractivity contribution in [3.05, 3.63) is 83.0 Å². The van der Waals surface area contributed by atoms with Gasteiger partial charge in [0, 0.05) is 4.47 Å². The summed E-state index contributed by atoms with van der Waals surface area (Å²) in [5.41, 5.74) is 2.01. The van der Waals surface area contributed by atoms with Crippen molar-refractivity contribution < 1.29 is 23.7 Å². The van der Waals surface area contributed by atoms with Crippen molar-refractivity contribution >= 4 is 39.3 Å². The van der Waals surface area contributed by atoms with E-state index in [1.54, 1.807) is 44.8 Å². The van der Waals surface area contributed by atoms with Gasteiger partial charge in [-0.05, 0) is 62.2 Å². The average molecular weight is 587 g/mol. The molecule has 0 spiro atoms. The quantitative estimate of drug-likeness (QED) is 0.371. The maximum absolute atomic E-state index is 13.8. The van der Waals surface area contributed by atoms with Gasteiger partial charge in [-0.25, -0.2) is 9.79 Å². The van der Waals surface area contributed by atoms with Crippen molar-refractivity contribution in [2.45, 2.75) is 26.8 Å². The van der Waals surface area contributed by atoms with Crippen LogP contribution in [0.15, 0.2) is 61.9 Å². The summed E-state index contributed by atoms with van der Waals surface area (Å²) in [7, 11) is 3.14. The van der Waals surface area contributed by atoms with Crippen LogP contribution in [0.4, 0.5) is 0 Å². The number of methoxy groups -OCH3 is 2. The minimum absolute atomic E-state index is 0.207. The zero-order valence-corrected chi connectivity index (χ0v) is 23.6. The second-order valence-corrected chi connectivity index (χ2v) is 9.90. The van der Waals surface area contributed by atoms with Gasteiger partial charge in [-0.1, -0.05) is 39.4 Å². The standard InChI is InChI=1S/C27H27BrN2O6S/c1-6-35-21-12-17(19(28)14-20(21)34-5)13-22-25(31)30-24(16-9-8-10-18(11-16)33-4)23(26(32)36-7-2)15(3)29-27(30)37-22/h8-14,24H,6-7H2,1-5H3/b22-13-/t24-/m0/s1. The van der Waals surface area contributed by atoms with E-state index in [2.05, 4.69) is 20.9 Å². The van der Waals surface area contributed by atoms with Crippen molar-refractivity contribution in [1.29, 1.82) is 0 Å². The Morgan fingerprint density at radius 3 is 2.59 bits per heavy atom. The first-order chi connectivity index (χ1) is 17.8. The molecule has 0 saturated carbocycles. The van der Waals surface area contributed by atoms with Gasteiger partial charge < -0.3 is 18.9 Å². The molecule has 1 aliphatic rings. The number of nitrogens with zero attached hydrogens (tertiary/aromatic N) is 2. The topological polar surface area (TPSA) is 88.4 Å². The third-order valence-corrected chi connectivity index (χ3v) is 7.47. The molecule has 0 radical (unpaired) electrons. The lowest BCUT2D eigenvalue weighted by Gasteiger charge is -2.25. The van der Waals surface area contributed by atoms with Crippen molar-refractivity contribution in [3.63, 3.8) is 0 Å². The van der Waals surface area contributed by atoms with E-state index in [9.17, 15) is 9.59 Å². The smallest absolute Gasteiger partial charge is 0.338 e. The number of allylic oxidation sites excluding steroid dienone is 1. The fourth-order valence-electron chi connectivity index (χ4n) is 4.15. The van der Waals surface area contributed by atoms with E-state index in [0.29, 0.717) is 50.0 Å². The molecule has 2 heterocycles. The van der Waals surface area contributed by atoms with Gasteiger partial charge in [0.1, 0.15) is 5.75 Å². The second kappa shape index (κ2) is 11.4. The highest BCUT2D eigenvalue weighted by Crippen LogP contribution is 2.34. The summed E-state index contributed by atoms with van der Waals surface area (Å²) < 4.78 is 24.6. The number of carbonyl (C=O) groups is 1. The zero-order chi connectivity index (χ0) is 26.7. The Hall–Kier alpha value is -3.37. The van der Waals surface area contributed by atoms with Crippen molar-refractivity contribution in [3.8, 4) is 17.2 Å². The van der Waals surface area contributed by atoms with E-state index in [4.69, 9.17) is 18.9 Å². The van der Waals surface area contributed by atoms with Crippen LogP contribution in [0.5, 0.6) is 17.2 Å². The van der Waals surface area contributed by atoms with E-state index >= 15 is 0 Å². The summed E-state index contributed by atoms with van der Waals surface area (Å²) in [6.07, 6.45) is 1.78. The molecule has 8 nitrogen and oxygen atoms in total. The van der Waals surface area contributed by atoms with Gasteiger partial charge >= 0.3 is 5.97 Å². The first-order valence-electron chi connectivity index (χ1n) is 11.7. The van der Waals surface area contributed by atoms with Crippen LogP contribution in [0.25, 0.3) is 6.08 Å². The van der Waals surface area contributed by atoms with Gasteiger partial charge in [-0.2, -0.15) is 0 Å². The normalized spacial score (nSPS) is 15.2. The number of hydrogen-bond acceptors (Lipinski definition) is 8. The van der Waals surface area contributed by atoms with E-state index in [1.165, 1.54) is 11.3 Å². The average Bonchev–Trinajstić information content (AvgIpc) is 3.19. The molecule has 37 heavy (non-hydrogen) atoms. The van der Waals surface area contributed by atoms with E-state index in [0.717, 1.165) is 10.0 Å². The monoisotopic (exact) mass is 586 g/mol. The first kappa shape index (κ1) is 26.7. The highest BCUT2D eigenvalue weighted by Gasteiger charge is 2.33. The summed E-state index contributed by atoms with van der Waals surface area (Å²) in [5, 5.41) is 0. The van der Waals surface area contributed by atoms with E-state index in [1.807, 2.05) is 37.3 Å². The van der Waals surface area contributed by atoms with Gasteiger partial charge in [-0.15, -0.1) is 0 Å². The Morgan fingerprint density at radius 2 is 1.92 bits per heavy atom. The Balaban J connectivity index is 1.95. The fourth-order valence-corrected chi connectivity index (χ4v) is 5.62. The molecule has 0 saturated heterocycles. The number of thiazole rings is 1. The lowest BCUT2D eigenvalue weighted by Crippen LogP contribution is -2.39. The number of benzene rings is 2. The molecular weight excluding hydrogens is 560 g/mol. The summed E-state index contributed by atoms with van der Waals surface area (Å²) in [6, 6.07) is 10.2. The van der Waals surface area contributed by atoms with Crippen LogP contribution >= 0.6 is 27.3 Å². The number of fused-ring (bicyclic) bond motifs is 1. The van der Waals surface area contributed by atoms with Crippen molar-refractivity contribution in [2.24, 2.45) is 4.99 Å². The number of aromatic nitrogens is 1. The molecule has 0 unspecified atom stereocenters. The number of rotatable bonds is 8. The predicted octanol–water partition coefficient (Wildman–Crippen LogP) is 3.98. The minimum atomic E-state index is -0.717. The number of carbonyl (C=O) groups excluding carboxylic acids is 1. The van der Waals surface area contributed by atoms with Gasteiger partial charge in [0.05, 0.1) is 49.3 Å². The molecule has 1 aromatic heterocycles. The molecule has 0 fully saturated rings. The van der Waals surface area contributed by atoms with Crippen LogP contribution < -0.4 is 29.1 Å². The number of esters is 1. The number of halogens is 1. The fraction of sp³-hybridized carbons (Fsp3) is 0.296. The highest BCUT2D eigenvalue weighted by molar-refractivity contribution is 9.10. The molecular formula is C27H27BrN2O6S. The van der Waals surface area contributed by atoms with Crippen LogP contribution in [-0.4, -0.2) is 38.0 Å². The second-order valence-electron chi connectivity index (χ2n) is 8.04. The SMILES string of the molecule is CCOC(=O)C1=C(C)N=c2s/c(=C\c3cc(OCC)c(OC)cc3Br)c(=O)n2[C@H]1c1cccc(OC)c1. The van der Waals surface area contributed by atoms with Crippen LogP contribution in [0, 0.1) is 0 Å². The molecule has 4 rings (SSSR count). The van der Waals surface area contributed by atoms with Gasteiger partial charge in [0.15, 0.2) is 16.3 Å². The highest BCUT2D eigenvalue weighted by atomic mass is 79.9. The lowest BCUT2D eigenvalue weighted by molar-refractivity contribution is -0.139. The zero-order valence-electron chi connectivity index (χ0n) is 21.2. The van der Waals surface area contributed by atoms with Gasteiger partial charge in [-0.3, -0.25) is 9.36 Å². The maximum atomic E-state index is 13.8. The molecule has 0 aliphatic carbocycles. The maximum Gasteiger partial charge on any atom is 0.338 e. The van der Waals surface area contributed by atoms with Gasteiger partial charge in [0.25, 0.3) is 5.56 Å². The van der Waals surface area contributed by atoms with Crippen LogP contribution in [0.2, 0.25) is 0 Å². The Labute approximate surface area is 226 Å². The molecule has 2 aromatic carbocycles. The Kier molecular flexibility index (Phi) is 8.19. The molecule has 10 heteroatoms. The summed E-state index contributed by atoms with van der Waals surface area (Å²) >= 11 is 4.82. The van der Waals surface area contributed by atoms with Crippen LogP contribution in [0.1, 0.15) is 37.9 Å². The summed E-state index contributed by atoms with van der Waals surface area (Å²) in [6.45, 7) is 6.06. The third-order valence-electron chi connectivity index (χ3n) is 5.80. The first-order valence-corrected chi connectivity index (χ1v) is 13.3. The number of hydrogen-bond donors (Lipinski definition) is 0. The molecule has 0 amide bonds. The predicted molar refractivity (Wildman–Crippen MR) is 145 cm³/mol. The molecule has 194 valence electrons.